The Balaban J connectivity index is 1.99. The first-order valence-corrected chi connectivity index (χ1v) is 7.95. The zero-order chi connectivity index (χ0) is 18.7. The molecule has 0 aliphatic heterocycles. The number of anilines is 1. The van der Waals surface area contributed by atoms with Crippen molar-refractivity contribution in [1.82, 2.24) is 20.0 Å². The summed E-state index contributed by atoms with van der Waals surface area (Å²) in [6.45, 7) is 1.94. The van der Waals surface area contributed by atoms with Gasteiger partial charge in [0.25, 0.3) is 0 Å². The summed E-state index contributed by atoms with van der Waals surface area (Å²) in [6, 6.07) is 3.59. The van der Waals surface area contributed by atoms with Gasteiger partial charge in [-0.2, -0.15) is 0 Å². The number of rotatable bonds is 6. The molecule has 1 N–H and O–H groups in total. The lowest BCUT2D eigenvalue weighted by Crippen LogP contribution is -2.16. The van der Waals surface area contributed by atoms with Crippen molar-refractivity contribution in [3.05, 3.63) is 49.5 Å². The van der Waals surface area contributed by atoms with Crippen LogP contribution in [0.4, 0.5) is 10.2 Å². The van der Waals surface area contributed by atoms with E-state index in [1.807, 2.05) is 0 Å². The fourth-order valence-electron chi connectivity index (χ4n) is 2.08. The third-order valence-corrected chi connectivity index (χ3v) is 3.89. The minimum atomic E-state index is -0.796. The van der Waals surface area contributed by atoms with E-state index < -0.39 is 11.6 Å². The zero-order valence-corrected chi connectivity index (χ0v) is 14.7. The van der Waals surface area contributed by atoms with E-state index in [-0.39, 0.29) is 34.4 Å². The van der Waals surface area contributed by atoms with Gasteiger partial charge in [-0.15, -0.1) is 0 Å². The van der Waals surface area contributed by atoms with Gasteiger partial charge in [0, 0.05) is 11.5 Å². The minimum Gasteiger partial charge on any atom is -0.365 e. The Labute approximate surface area is 152 Å². The van der Waals surface area contributed by atoms with Crippen molar-refractivity contribution in [2.75, 3.05) is 11.9 Å². The smallest absolute Gasteiger partial charge is 0.365 e. The molecule has 134 valence electrons. The Kier molecular flexibility index (Phi) is 5.00. The maximum atomic E-state index is 13.5. The Morgan fingerprint density at radius 1 is 1.46 bits per heavy atom. The van der Waals surface area contributed by atoms with Crippen LogP contribution >= 0.6 is 15.9 Å². The monoisotopic (exact) mass is 424 g/mol. The second-order valence-corrected chi connectivity index (χ2v) is 5.96. The lowest BCUT2D eigenvalue weighted by Gasteiger charge is -2.07. The van der Waals surface area contributed by atoms with Crippen LogP contribution in [0.15, 0.2) is 41.7 Å². The zero-order valence-electron chi connectivity index (χ0n) is 13.1. The van der Waals surface area contributed by atoms with Crippen LogP contribution in [0.3, 0.4) is 0 Å². The van der Waals surface area contributed by atoms with E-state index in [2.05, 4.69) is 46.7 Å². The van der Waals surface area contributed by atoms with Crippen LogP contribution in [-0.4, -0.2) is 32.6 Å². The van der Waals surface area contributed by atoms with Crippen molar-refractivity contribution in [2.45, 2.75) is 13.0 Å². The predicted molar refractivity (Wildman–Crippen MR) is 90.1 cm³/mol. The third kappa shape index (κ3) is 3.43. The molecule has 13 heteroatoms. The average molecular weight is 425 g/mol. The Bertz CT molecular complexity index is 1040. The molecule has 1 atom stereocenters. The van der Waals surface area contributed by atoms with Crippen molar-refractivity contribution in [3.63, 3.8) is 0 Å². The average Bonchev–Trinajstić information content (AvgIpc) is 3.22. The summed E-state index contributed by atoms with van der Waals surface area (Å²) in [5.74, 6) is -1.10. The van der Waals surface area contributed by atoms with Crippen molar-refractivity contribution in [1.29, 1.82) is 0 Å². The molecule has 0 fully saturated rings. The highest BCUT2D eigenvalue weighted by molar-refractivity contribution is 9.10. The van der Waals surface area contributed by atoms with E-state index in [1.165, 1.54) is 18.2 Å². The molecule has 1 unspecified atom stereocenters. The van der Waals surface area contributed by atoms with Crippen molar-refractivity contribution >= 4 is 21.7 Å². The maximum Gasteiger partial charge on any atom is 0.446 e. The standard InChI is InChI=1S/C13H10BrFN8O3/c1-6(18-22-16)5-17-11-10(19-26-20-11)12-21-25-13(24)23(12)7-2-3-9(15)8(14)4-7/h2-4,6H,5H2,1H3,(H,17,20). The van der Waals surface area contributed by atoms with Crippen LogP contribution in [0.25, 0.3) is 27.6 Å². The summed E-state index contributed by atoms with van der Waals surface area (Å²) < 4.78 is 24.1. The number of hydrogen-bond donors (Lipinski definition) is 1. The molecular weight excluding hydrogens is 415 g/mol. The number of benzene rings is 1. The van der Waals surface area contributed by atoms with Crippen LogP contribution < -0.4 is 11.1 Å². The second-order valence-electron chi connectivity index (χ2n) is 5.10. The molecule has 2 heterocycles. The van der Waals surface area contributed by atoms with Gasteiger partial charge in [-0.1, -0.05) is 17.2 Å². The molecule has 0 saturated carbocycles. The molecule has 2 aromatic heterocycles. The Morgan fingerprint density at radius 3 is 3.00 bits per heavy atom. The van der Waals surface area contributed by atoms with E-state index in [1.54, 1.807) is 6.92 Å². The van der Waals surface area contributed by atoms with E-state index in [0.717, 1.165) is 4.57 Å². The van der Waals surface area contributed by atoms with Gasteiger partial charge in [0.15, 0.2) is 5.69 Å². The number of nitrogens with one attached hydrogen (secondary N) is 1. The second kappa shape index (κ2) is 7.37. The Hall–Kier alpha value is -3.18. The molecule has 26 heavy (non-hydrogen) atoms. The lowest BCUT2D eigenvalue weighted by molar-refractivity contribution is 0.309. The molecule has 0 spiro atoms. The van der Waals surface area contributed by atoms with Gasteiger partial charge in [0.2, 0.25) is 11.6 Å². The Morgan fingerprint density at radius 2 is 2.27 bits per heavy atom. The molecule has 0 aliphatic rings. The highest BCUT2D eigenvalue weighted by Crippen LogP contribution is 2.26. The minimum absolute atomic E-state index is 0.00805. The van der Waals surface area contributed by atoms with E-state index in [9.17, 15) is 9.18 Å². The molecule has 0 aliphatic carbocycles. The quantitative estimate of drug-likeness (QED) is 0.363. The first-order chi connectivity index (χ1) is 12.5. The fraction of sp³-hybridized carbons (Fsp3) is 0.231. The molecule has 0 radical (unpaired) electrons. The topological polar surface area (TPSA) is 148 Å². The molecule has 3 aromatic rings. The van der Waals surface area contributed by atoms with Gasteiger partial charge < -0.3 is 5.32 Å². The van der Waals surface area contributed by atoms with Crippen LogP contribution in [0.5, 0.6) is 0 Å². The number of azide groups is 1. The first-order valence-electron chi connectivity index (χ1n) is 7.16. The van der Waals surface area contributed by atoms with Gasteiger partial charge in [-0.3, -0.25) is 4.52 Å². The summed E-state index contributed by atoms with van der Waals surface area (Å²) in [4.78, 5) is 14.8. The van der Waals surface area contributed by atoms with Crippen molar-refractivity contribution < 1.29 is 13.5 Å². The van der Waals surface area contributed by atoms with Gasteiger partial charge in [-0.25, -0.2) is 18.4 Å². The number of halogens is 2. The van der Waals surface area contributed by atoms with Gasteiger partial charge >= 0.3 is 5.76 Å². The lowest BCUT2D eigenvalue weighted by atomic mass is 10.3. The molecule has 1 aromatic carbocycles. The third-order valence-electron chi connectivity index (χ3n) is 3.28. The van der Waals surface area contributed by atoms with Gasteiger partial charge in [0.1, 0.15) is 5.82 Å². The number of hydrogen-bond acceptors (Lipinski definition) is 8. The summed E-state index contributed by atoms with van der Waals surface area (Å²) in [5, 5.41) is 17.5. The number of nitrogens with zero attached hydrogens (tertiary/aromatic N) is 7. The van der Waals surface area contributed by atoms with Crippen LogP contribution in [0.1, 0.15) is 6.92 Å². The molecule has 0 amide bonds. The largest absolute Gasteiger partial charge is 0.446 e. The predicted octanol–water partition coefficient (Wildman–Crippen LogP) is 2.89. The van der Waals surface area contributed by atoms with E-state index >= 15 is 0 Å². The molecule has 11 nitrogen and oxygen atoms in total. The van der Waals surface area contributed by atoms with Crippen molar-refractivity contribution in [2.24, 2.45) is 5.11 Å². The summed E-state index contributed by atoms with van der Waals surface area (Å²) in [5.41, 5.74) is 8.83. The fourth-order valence-corrected chi connectivity index (χ4v) is 2.44. The summed E-state index contributed by atoms with van der Waals surface area (Å²) in [6.07, 6.45) is 0. The van der Waals surface area contributed by atoms with Crippen LogP contribution in [0.2, 0.25) is 0 Å². The van der Waals surface area contributed by atoms with Crippen LogP contribution in [-0.2, 0) is 0 Å². The highest BCUT2D eigenvalue weighted by Gasteiger charge is 2.23. The van der Waals surface area contributed by atoms with Gasteiger partial charge in [-0.05, 0) is 50.0 Å². The van der Waals surface area contributed by atoms with Gasteiger partial charge in [0.05, 0.1) is 16.2 Å². The normalized spacial score (nSPS) is 11.8. The summed E-state index contributed by atoms with van der Waals surface area (Å²) >= 11 is 3.06. The molecule has 0 saturated heterocycles. The van der Waals surface area contributed by atoms with E-state index in [4.69, 9.17) is 14.7 Å². The maximum absolute atomic E-state index is 13.5. The molecule has 0 bridgehead atoms. The highest BCUT2D eigenvalue weighted by atomic mass is 79.9. The molecular formula is C13H10BrFN8O3. The summed E-state index contributed by atoms with van der Waals surface area (Å²) in [7, 11) is 0. The van der Waals surface area contributed by atoms with Crippen LogP contribution in [0, 0.1) is 5.82 Å². The molecule has 3 rings (SSSR count). The first kappa shape index (κ1) is 17.6. The van der Waals surface area contributed by atoms with E-state index in [0.29, 0.717) is 5.69 Å². The SMILES string of the molecule is CC(CNc1nonc1-c1noc(=O)n1-c1ccc(F)c(Br)c1)N=[N+]=[N-]. The number of aromatic nitrogens is 4. The van der Waals surface area contributed by atoms with Crippen molar-refractivity contribution in [3.8, 4) is 17.2 Å².